The van der Waals surface area contributed by atoms with Crippen LogP contribution in [0.2, 0.25) is 0 Å². The smallest absolute Gasteiger partial charge is 0.258 e. The third-order valence-electron chi connectivity index (χ3n) is 3.93. The predicted molar refractivity (Wildman–Crippen MR) is 85.6 cm³/mol. The lowest BCUT2D eigenvalue weighted by molar-refractivity contribution is -0.128. The van der Waals surface area contributed by atoms with Gasteiger partial charge in [0.2, 0.25) is 11.7 Å². The number of amides is 2. The maximum atomic E-state index is 13.0. The summed E-state index contributed by atoms with van der Waals surface area (Å²) in [7, 11) is 4.38. The van der Waals surface area contributed by atoms with Crippen LogP contribution in [0.1, 0.15) is 16.8 Å². The number of carbonyl (C=O) groups excluding carboxylic acids is 2. The first-order valence-electron chi connectivity index (χ1n) is 7.57. The Kier molecular flexibility index (Phi) is 5.86. The SMILES string of the molecule is COc1ccc(C(=O)N2CCNC(=O)C2CCO)c(OC)c1OC. The molecule has 1 fully saturated rings. The molecule has 2 rings (SSSR count). The highest BCUT2D eigenvalue weighted by Gasteiger charge is 2.35. The number of piperazine rings is 1. The molecule has 0 bridgehead atoms. The zero-order chi connectivity index (χ0) is 17.7. The van der Waals surface area contributed by atoms with Gasteiger partial charge in [0.05, 0.1) is 26.9 Å². The van der Waals surface area contributed by atoms with E-state index in [-0.39, 0.29) is 36.2 Å². The van der Waals surface area contributed by atoms with Gasteiger partial charge in [-0.1, -0.05) is 0 Å². The minimum Gasteiger partial charge on any atom is -0.493 e. The highest BCUT2D eigenvalue weighted by Crippen LogP contribution is 2.40. The van der Waals surface area contributed by atoms with Crippen LogP contribution >= 0.6 is 0 Å². The van der Waals surface area contributed by atoms with E-state index in [4.69, 9.17) is 14.2 Å². The lowest BCUT2D eigenvalue weighted by atomic mass is 10.1. The number of nitrogens with one attached hydrogen (secondary N) is 1. The minimum atomic E-state index is -0.714. The van der Waals surface area contributed by atoms with Crippen LogP contribution in [0.5, 0.6) is 17.2 Å². The summed E-state index contributed by atoms with van der Waals surface area (Å²) < 4.78 is 15.8. The van der Waals surface area contributed by atoms with Crippen molar-refractivity contribution in [2.45, 2.75) is 12.5 Å². The average Bonchev–Trinajstić information content (AvgIpc) is 2.61. The van der Waals surface area contributed by atoms with Crippen LogP contribution < -0.4 is 19.5 Å². The van der Waals surface area contributed by atoms with E-state index in [1.165, 1.54) is 26.2 Å². The molecule has 1 unspecified atom stereocenters. The van der Waals surface area contributed by atoms with Crippen LogP contribution in [0.25, 0.3) is 0 Å². The molecule has 8 heteroatoms. The fourth-order valence-electron chi connectivity index (χ4n) is 2.79. The highest BCUT2D eigenvalue weighted by molar-refractivity contribution is 6.01. The van der Waals surface area contributed by atoms with Crippen molar-refractivity contribution in [3.05, 3.63) is 17.7 Å². The summed E-state index contributed by atoms with van der Waals surface area (Å²) in [5, 5.41) is 11.9. The molecule has 1 aromatic carbocycles. The summed E-state index contributed by atoms with van der Waals surface area (Å²) in [6, 6.07) is 2.47. The van der Waals surface area contributed by atoms with Crippen molar-refractivity contribution in [1.29, 1.82) is 0 Å². The first-order valence-corrected chi connectivity index (χ1v) is 7.57. The fourth-order valence-corrected chi connectivity index (χ4v) is 2.79. The Morgan fingerprint density at radius 1 is 1.25 bits per heavy atom. The van der Waals surface area contributed by atoms with E-state index in [0.29, 0.717) is 24.6 Å². The molecule has 132 valence electrons. The summed E-state index contributed by atoms with van der Waals surface area (Å²) in [6.07, 6.45) is 0.174. The quantitative estimate of drug-likeness (QED) is 0.760. The molecule has 24 heavy (non-hydrogen) atoms. The molecule has 0 spiro atoms. The van der Waals surface area contributed by atoms with Crippen LogP contribution in [-0.4, -0.2) is 68.9 Å². The number of rotatable bonds is 6. The Bertz CT molecular complexity index is 619. The van der Waals surface area contributed by atoms with Gasteiger partial charge in [0.25, 0.3) is 5.91 Å². The maximum absolute atomic E-state index is 13.0. The first kappa shape index (κ1) is 17.9. The molecule has 1 atom stereocenters. The van der Waals surface area contributed by atoms with Crippen molar-refractivity contribution in [3.8, 4) is 17.2 Å². The Hall–Kier alpha value is -2.48. The van der Waals surface area contributed by atoms with E-state index in [9.17, 15) is 14.7 Å². The van der Waals surface area contributed by atoms with Gasteiger partial charge in [-0.15, -0.1) is 0 Å². The molecule has 0 aliphatic carbocycles. The lowest BCUT2D eigenvalue weighted by Crippen LogP contribution is -2.57. The Balaban J connectivity index is 2.42. The fraction of sp³-hybridized carbons (Fsp3) is 0.500. The molecule has 0 aromatic heterocycles. The number of hydrogen-bond acceptors (Lipinski definition) is 6. The largest absolute Gasteiger partial charge is 0.493 e. The van der Waals surface area contributed by atoms with Gasteiger partial charge in [-0.3, -0.25) is 9.59 Å². The summed E-state index contributed by atoms with van der Waals surface area (Å²) in [6.45, 7) is 0.528. The van der Waals surface area contributed by atoms with Gasteiger partial charge in [-0.25, -0.2) is 0 Å². The number of ether oxygens (including phenoxy) is 3. The van der Waals surface area contributed by atoms with E-state index < -0.39 is 6.04 Å². The molecule has 2 amide bonds. The number of methoxy groups -OCH3 is 3. The number of carbonyl (C=O) groups is 2. The molecule has 1 aliphatic rings. The van der Waals surface area contributed by atoms with Crippen LogP contribution in [0.3, 0.4) is 0 Å². The van der Waals surface area contributed by atoms with Crippen LogP contribution in [0.15, 0.2) is 12.1 Å². The van der Waals surface area contributed by atoms with Gasteiger partial charge in [-0.05, 0) is 18.6 Å². The summed E-state index contributed by atoms with van der Waals surface area (Å²) in [4.78, 5) is 26.4. The second kappa shape index (κ2) is 7.87. The van der Waals surface area contributed by atoms with E-state index in [0.717, 1.165) is 0 Å². The van der Waals surface area contributed by atoms with Gasteiger partial charge in [-0.2, -0.15) is 0 Å². The zero-order valence-corrected chi connectivity index (χ0v) is 14.0. The molecule has 0 radical (unpaired) electrons. The third-order valence-corrected chi connectivity index (χ3v) is 3.93. The van der Waals surface area contributed by atoms with Crippen molar-refractivity contribution in [2.75, 3.05) is 41.0 Å². The van der Waals surface area contributed by atoms with Crippen LogP contribution in [0.4, 0.5) is 0 Å². The number of benzene rings is 1. The minimum absolute atomic E-state index is 0.174. The molecule has 1 aromatic rings. The standard InChI is InChI=1S/C16H22N2O6/c1-22-12-5-4-10(13(23-2)14(12)24-3)16(21)18-8-7-17-15(20)11(18)6-9-19/h4-5,11,19H,6-9H2,1-3H3,(H,17,20). The number of aliphatic hydroxyl groups excluding tert-OH is 1. The normalized spacial score (nSPS) is 17.2. The zero-order valence-electron chi connectivity index (χ0n) is 14.0. The predicted octanol–water partition coefficient (Wildman–Crippen LogP) is 0.0354. The van der Waals surface area contributed by atoms with Gasteiger partial charge in [0.1, 0.15) is 6.04 Å². The molecule has 1 aliphatic heterocycles. The summed E-state index contributed by atoms with van der Waals surface area (Å²) in [5.41, 5.74) is 0.271. The number of nitrogens with zero attached hydrogens (tertiary/aromatic N) is 1. The Morgan fingerprint density at radius 3 is 2.54 bits per heavy atom. The maximum Gasteiger partial charge on any atom is 0.258 e. The van der Waals surface area contributed by atoms with Crippen LogP contribution in [-0.2, 0) is 4.79 Å². The second-order valence-electron chi connectivity index (χ2n) is 5.20. The molecule has 8 nitrogen and oxygen atoms in total. The van der Waals surface area contributed by atoms with Crippen molar-refractivity contribution in [2.24, 2.45) is 0 Å². The summed E-state index contributed by atoms with van der Waals surface area (Å²) >= 11 is 0. The Labute approximate surface area is 140 Å². The van der Waals surface area contributed by atoms with Crippen LogP contribution in [0, 0.1) is 0 Å². The van der Waals surface area contributed by atoms with Crippen molar-refractivity contribution >= 4 is 11.8 Å². The van der Waals surface area contributed by atoms with E-state index >= 15 is 0 Å². The number of aliphatic hydroxyl groups is 1. The third kappa shape index (κ3) is 3.23. The van der Waals surface area contributed by atoms with Crippen molar-refractivity contribution in [3.63, 3.8) is 0 Å². The average molecular weight is 338 g/mol. The van der Waals surface area contributed by atoms with Gasteiger partial charge >= 0.3 is 0 Å². The lowest BCUT2D eigenvalue weighted by Gasteiger charge is -2.35. The summed E-state index contributed by atoms with van der Waals surface area (Å²) in [5.74, 6) is 0.361. The van der Waals surface area contributed by atoms with E-state index in [2.05, 4.69) is 5.32 Å². The number of hydrogen-bond donors (Lipinski definition) is 2. The monoisotopic (exact) mass is 338 g/mol. The molecular formula is C16H22N2O6. The second-order valence-corrected chi connectivity index (χ2v) is 5.20. The molecule has 1 saturated heterocycles. The van der Waals surface area contributed by atoms with E-state index in [1.54, 1.807) is 12.1 Å². The van der Waals surface area contributed by atoms with Gasteiger partial charge in [0, 0.05) is 19.7 Å². The highest BCUT2D eigenvalue weighted by atomic mass is 16.5. The molecule has 0 saturated carbocycles. The molecule has 2 N–H and O–H groups in total. The molecule has 1 heterocycles. The van der Waals surface area contributed by atoms with Crippen molar-refractivity contribution in [1.82, 2.24) is 10.2 Å². The first-order chi connectivity index (χ1) is 11.6. The topological polar surface area (TPSA) is 97.3 Å². The van der Waals surface area contributed by atoms with E-state index in [1.807, 2.05) is 0 Å². The van der Waals surface area contributed by atoms with Gasteiger partial charge < -0.3 is 29.5 Å². The van der Waals surface area contributed by atoms with Crippen molar-refractivity contribution < 1.29 is 28.9 Å². The Morgan fingerprint density at radius 2 is 1.96 bits per heavy atom. The van der Waals surface area contributed by atoms with Gasteiger partial charge in [0.15, 0.2) is 11.5 Å². The molecular weight excluding hydrogens is 316 g/mol.